The van der Waals surface area contributed by atoms with E-state index >= 15 is 4.39 Å². The maximum Gasteiger partial charge on any atom is 0.410 e. The van der Waals surface area contributed by atoms with E-state index in [-0.39, 0.29) is 47.0 Å². The van der Waals surface area contributed by atoms with Gasteiger partial charge in [-0.05, 0) is 43.6 Å². The molecule has 42 heavy (non-hydrogen) atoms. The van der Waals surface area contributed by atoms with Crippen molar-refractivity contribution in [2.75, 3.05) is 6.54 Å². The van der Waals surface area contributed by atoms with Gasteiger partial charge in [0.15, 0.2) is 17.1 Å². The number of halogens is 6. The molecule has 0 unspecified atom stereocenters. The third-order valence-corrected chi connectivity index (χ3v) is 8.48. The first-order valence-corrected chi connectivity index (χ1v) is 13.7. The van der Waals surface area contributed by atoms with Crippen LogP contribution < -0.4 is 10.6 Å². The molecule has 3 fully saturated rings. The van der Waals surface area contributed by atoms with Crippen molar-refractivity contribution in [2.45, 2.75) is 81.6 Å². The van der Waals surface area contributed by atoms with Crippen LogP contribution in [-0.4, -0.2) is 51.7 Å². The van der Waals surface area contributed by atoms with Crippen LogP contribution in [0.5, 0.6) is 0 Å². The molecule has 15 heteroatoms. The molecule has 3 heterocycles. The standard InChI is InChI=1S/C27H27F6N5O4/c28-19-15(10-38-11-18(27(31,32)33)34-25(38)40)4-5-17-22(19)36-24(42-17)20(14-6-8-26(29,30)9-7-14)35-23(39)21-16(12-41-37-21)13-2-1-3-13/h4-5,12-14,18,20H,1-3,6-11H2,(H,34,40)(H,35,39)/t18-,20-/m0/s1. The minimum atomic E-state index is -4.65. The first-order valence-electron chi connectivity index (χ1n) is 13.7. The van der Waals surface area contributed by atoms with E-state index in [2.05, 4.69) is 15.5 Å². The maximum atomic E-state index is 15.6. The van der Waals surface area contributed by atoms with E-state index in [1.165, 1.54) is 18.4 Å². The predicted octanol–water partition coefficient (Wildman–Crippen LogP) is 5.98. The summed E-state index contributed by atoms with van der Waals surface area (Å²) < 4.78 is 93.5. The van der Waals surface area contributed by atoms with E-state index in [0.29, 0.717) is 5.56 Å². The normalized spacial score (nSPS) is 22.3. The van der Waals surface area contributed by atoms with Crippen LogP contribution in [0.3, 0.4) is 0 Å². The summed E-state index contributed by atoms with van der Waals surface area (Å²) in [5.41, 5.74) is 0.371. The van der Waals surface area contributed by atoms with Gasteiger partial charge in [-0.15, -0.1) is 0 Å². The lowest BCUT2D eigenvalue weighted by atomic mass is 9.80. The summed E-state index contributed by atoms with van der Waals surface area (Å²) in [6.45, 7) is -1.13. The number of carbonyl (C=O) groups excluding carboxylic acids is 2. The van der Waals surface area contributed by atoms with Crippen LogP contribution >= 0.6 is 0 Å². The Hall–Kier alpha value is -3.78. The van der Waals surface area contributed by atoms with Gasteiger partial charge in [-0.1, -0.05) is 17.6 Å². The summed E-state index contributed by atoms with van der Waals surface area (Å²) in [5.74, 6) is -4.83. The lowest BCUT2D eigenvalue weighted by Gasteiger charge is -2.32. The summed E-state index contributed by atoms with van der Waals surface area (Å²) in [6.07, 6.45) is -1.18. The van der Waals surface area contributed by atoms with Gasteiger partial charge in [-0.2, -0.15) is 13.2 Å². The Morgan fingerprint density at radius 1 is 1.19 bits per heavy atom. The number of rotatable bonds is 7. The van der Waals surface area contributed by atoms with Gasteiger partial charge in [-0.25, -0.2) is 22.9 Å². The van der Waals surface area contributed by atoms with Gasteiger partial charge in [0.2, 0.25) is 11.8 Å². The highest BCUT2D eigenvalue weighted by atomic mass is 19.4. The molecule has 2 N–H and O–H groups in total. The summed E-state index contributed by atoms with van der Waals surface area (Å²) in [4.78, 5) is 30.5. The lowest BCUT2D eigenvalue weighted by Crippen LogP contribution is -2.40. The second-order valence-corrected chi connectivity index (χ2v) is 11.3. The Morgan fingerprint density at radius 2 is 1.93 bits per heavy atom. The van der Waals surface area contributed by atoms with Crippen molar-refractivity contribution in [1.82, 2.24) is 25.7 Å². The highest BCUT2D eigenvalue weighted by Crippen LogP contribution is 2.43. The Balaban J connectivity index is 1.27. The number of hydrogen-bond acceptors (Lipinski definition) is 6. The summed E-state index contributed by atoms with van der Waals surface area (Å²) >= 11 is 0. The van der Waals surface area contributed by atoms with Crippen LogP contribution in [0.2, 0.25) is 0 Å². The molecule has 1 saturated heterocycles. The minimum absolute atomic E-state index is 0.0118. The zero-order chi connectivity index (χ0) is 29.8. The average molecular weight is 600 g/mol. The number of nitrogens with zero attached hydrogens (tertiary/aromatic N) is 3. The fourth-order valence-electron chi connectivity index (χ4n) is 5.80. The van der Waals surface area contributed by atoms with E-state index in [1.54, 1.807) is 0 Å². The average Bonchev–Trinajstić information content (AvgIpc) is 3.62. The third-order valence-electron chi connectivity index (χ3n) is 8.48. The molecule has 2 saturated carbocycles. The van der Waals surface area contributed by atoms with Crippen molar-refractivity contribution in [3.8, 4) is 0 Å². The van der Waals surface area contributed by atoms with Crippen molar-refractivity contribution in [2.24, 2.45) is 5.92 Å². The van der Waals surface area contributed by atoms with Gasteiger partial charge < -0.3 is 24.5 Å². The van der Waals surface area contributed by atoms with Gasteiger partial charge in [0.1, 0.15) is 23.9 Å². The van der Waals surface area contributed by atoms with Gasteiger partial charge >= 0.3 is 12.2 Å². The molecule has 2 atom stereocenters. The highest BCUT2D eigenvalue weighted by Gasteiger charge is 2.47. The largest absolute Gasteiger partial charge is 0.438 e. The summed E-state index contributed by atoms with van der Waals surface area (Å²) in [7, 11) is 0. The molecule has 2 aromatic heterocycles. The van der Waals surface area contributed by atoms with E-state index in [4.69, 9.17) is 8.94 Å². The molecule has 1 aliphatic heterocycles. The van der Waals surface area contributed by atoms with Crippen LogP contribution in [-0.2, 0) is 6.54 Å². The fourth-order valence-corrected chi connectivity index (χ4v) is 5.80. The van der Waals surface area contributed by atoms with E-state index in [0.717, 1.165) is 24.2 Å². The first kappa shape index (κ1) is 28.3. The molecule has 0 bridgehead atoms. The molecule has 0 radical (unpaired) electrons. The Kier molecular flexibility index (Phi) is 7.08. The summed E-state index contributed by atoms with van der Waals surface area (Å²) in [6, 6.07) is -1.41. The first-order chi connectivity index (χ1) is 19.9. The number of urea groups is 1. The van der Waals surface area contributed by atoms with Crippen molar-refractivity contribution in [1.29, 1.82) is 0 Å². The fraction of sp³-hybridized carbons (Fsp3) is 0.556. The lowest BCUT2D eigenvalue weighted by molar-refractivity contribution is -0.149. The van der Waals surface area contributed by atoms with E-state index in [9.17, 15) is 31.5 Å². The van der Waals surface area contributed by atoms with Crippen LogP contribution in [0.15, 0.2) is 27.3 Å². The van der Waals surface area contributed by atoms with Crippen molar-refractivity contribution in [3.05, 3.63) is 46.9 Å². The Labute approximate surface area is 235 Å². The van der Waals surface area contributed by atoms with Crippen molar-refractivity contribution >= 4 is 23.0 Å². The number of carbonyl (C=O) groups is 2. The number of hydrogen-bond donors (Lipinski definition) is 2. The molecule has 9 nitrogen and oxygen atoms in total. The quantitative estimate of drug-likeness (QED) is 0.324. The molecule has 226 valence electrons. The van der Waals surface area contributed by atoms with Crippen LogP contribution in [0.4, 0.5) is 31.1 Å². The molecular formula is C27H27F6N5O4. The zero-order valence-corrected chi connectivity index (χ0v) is 22.1. The second kappa shape index (κ2) is 10.5. The highest BCUT2D eigenvalue weighted by molar-refractivity contribution is 5.94. The zero-order valence-electron chi connectivity index (χ0n) is 22.1. The van der Waals surface area contributed by atoms with E-state index in [1.807, 2.05) is 5.32 Å². The summed E-state index contributed by atoms with van der Waals surface area (Å²) in [5, 5.41) is 8.48. The smallest absolute Gasteiger partial charge is 0.410 e. The van der Waals surface area contributed by atoms with Crippen molar-refractivity contribution in [3.63, 3.8) is 0 Å². The number of alkyl halides is 5. The number of aromatic nitrogens is 2. The van der Waals surface area contributed by atoms with Crippen LogP contribution in [0, 0.1) is 11.7 Å². The number of amides is 3. The topological polar surface area (TPSA) is 114 Å². The predicted molar refractivity (Wildman–Crippen MR) is 133 cm³/mol. The molecule has 3 aliphatic rings. The number of benzene rings is 1. The molecule has 6 rings (SSSR count). The Bertz CT molecular complexity index is 1490. The molecule has 3 aromatic rings. The van der Waals surface area contributed by atoms with Crippen LogP contribution in [0.1, 0.15) is 84.4 Å². The number of oxazole rings is 1. The number of fused-ring (bicyclic) bond motifs is 1. The maximum absolute atomic E-state index is 15.6. The Morgan fingerprint density at radius 3 is 2.57 bits per heavy atom. The van der Waals surface area contributed by atoms with E-state index < -0.39 is 73.8 Å². The minimum Gasteiger partial charge on any atom is -0.438 e. The monoisotopic (exact) mass is 599 g/mol. The third kappa shape index (κ3) is 5.40. The van der Waals surface area contributed by atoms with Gasteiger partial charge in [0.05, 0.1) is 13.1 Å². The molecule has 1 aromatic carbocycles. The molecule has 3 amide bonds. The van der Waals surface area contributed by atoms with Crippen LogP contribution in [0.25, 0.3) is 11.1 Å². The number of nitrogens with one attached hydrogen (secondary N) is 2. The second-order valence-electron chi connectivity index (χ2n) is 11.3. The van der Waals surface area contributed by atoms with Crippen molar-refractivity contribution < 1.29 is 44.9 Å². The SMILES string of the molecule is O=C(N[C@H](c1nc2c(F)c(CN3C[C@@H](C(F)(F)F)NC3=O)ccc2o1)C1CCC(F)(F)CC1)c1nocc1C1CCC1. The molecule has 2 aliphatic carbocycles. The molecular weight excluding hydrogens is 572 g/mol. The van der Waals surface area contributed by atoms with Gasteiger partial charge in [0.25, 0.3) is 5.91 Å². The molecule has 0 spiro atoms. The van der Waals surface area contributed by atoms with Gasteiger partial charge in [0, 0.05) is 24.0 Å². The van der Waals surface area contributed by atoms with Gasteiger partial charge in [-0.3, -0.25) is 4.79 Å².